The van der Waals surface area contributed by atoms with Crippen molar-refractivity contribution in [1.82, 2.24) is 5.32 Å². The molecule has 1 aromatic rings. The van der Waals surface area contributed by atoms with E-state index in [0.717, 1.165) is 19.1 Å². The number of ether oxygens (including phenoxy) is 1. The molecular weight excluding hydrogens is 234 g/mol. The van der Waals surface area contributed by atoms with Crippen molar-refractivity contribution in [3.05, 3.63) is 35.9 Å². The molecule has 1 atom stereocenters. The van der Waals surface area contributed by atoms with Gasteiger partial charge in [0.1, 0.15) is 0 Å². The smallest absolute Gasteiger partial charge is 0.0700 e. The summed E-state index contributed by atoms with van der Waals surface area (Å²) in [5.41, 5.74) is 1.53. The lowest BCUT2D eigenvalue weighted by Gasteiger charge is -2.30. The second-order valence-electron chi connectivity index (χ2n) is 6.00. The van der Waals surface area contributed by atoms with E-state index < -0.39 is 0 Å². The Morgan fingerprint density at radius 2 is 1.79 bits per heavy atom. The zero-order valence-electron chi connectivity index (χ0n) is 11.7. The van der Waals surface area contributed by atoms with E-state index in [-0.39, 0.29) is 0 Å². The van der Waals surface area contributed by atoms with E-state index in [4.69, 9.17) is 4.74 Å². The van der Waals surface area contributed by atoms with Gasteiger partial charge in [-0.25, -0.2) is 0 Å². The van der Waals surface area contributed by atoms with Crippen LogP contribution in [0, 0.1) is 0 Å². The van der Waals surface area contributed by atoms with Gasteiger partial charge in [-0.3, -0.25) is 0 Å². The van der Waals surface area contributed by atoms with Crippen LogP contribution in [0.15, 0.2) is 30.3 Å². The summed E-state index contributed by atoms with van der Waals surface area (Å²) >= 11 is 0. The minimum Gasteiger partial charge on any atom is -0.377 e. The van der Waals surface area contributed by atoms with Crippen LogP contribution in [0.4, 0.5) is 0 Å². The Hall–Kier alpha value is -0.860. The quantitative estimate of drug-likeness (QED) is 0.894. The summed E-state index contributed by atoms with van der Waals surface area (Å²) in [6.45, 7) is 2.02. The highest BCUT2D eigenvalue weighted by Crippen LogP contribution is 2.32. The highest BCUT2D eigenvalue weighted by molar-refractivity contribution is 5.20. The van der Waals surface area contributed by atoms with Crippen molar-refractivity contribution in [3.8, 4) is 0 Å². The van der Waals surface area contributed by atoms with E-state index in [2.05, 4.69) is 35.6 Å². The third-order valence-electron chi connectivity index (χ3n) is 4.66. The van der Waals surface area contributed by atoms with Crippen molar-refractivity contribution in [2.24, 2.45) is 0 Å². The van der Waals surface area contributed by atoms with Crippen LogP contribution in [0.2, 0.25) is 0 Å². The molecule has 0 radical (unpaired) electrons. The average molecular weight is 259 g/mol. The zero-order valence-corrected chi connectivity index (χ0v) is 11.7. The van der Waals surface area contributed by atoms with Crippen LogP contribution in [0.1, 0.15) is 50.0 Å². The van der Waals surface area contributed by atoms with Gasteiger partial charge in [-0.1, -0.05) is 30.3 Å². The molecule has 1 saturated carbocycles. The topological polar surface area (TPSA) is 21.3 Å². The third kappa shape index (κ3) is 3.58. The fraction of sp³-hybridized carbons (Fsp3) is 0.647. The van der Waals surface area contributed by atoms with Crippen molar-refractivity contribution in [2.45, 2.75) is 56.6 Å². The molecule has 1 aliphatic heterocycles. The highest BCUT2D eigenvalue weighted by atomic mass is 16.5. The standard InChI is InChI=1S/C17H25NO/c1-2-5-14(6-3-1)15-8-10-16(11-9-15)18-13-17-7-4-12-19-17/h1-3,5-6,15-18H,4,7-13H2/t15?,16?,17-/m0/s1. The van der Waals surface area contributed by atoms with Gasteiger partial charge in [0.25, 0.3) is 0 Å². The van der Waals surface area contributed by atoms with Crippen LogP contribution in [-0.4, -0.2) is 25.3 Å². The van der Waals surface area contributed by atoms with Gasteiger partial charge in [0.2, 0.25) is 0 Å². The summed E-state index contributed by atoms with van der Waals surface area (Å²) in [4.78, 5) is 0. The van der Waals surface area contributed by atoms with Crippen molar-refractivity contribution < 1.29 is 4.74 Å². The molecule has 0 aromatic heterocycles. The Balaban J connectivity index is 1.42. The van der Waals surface area contributed by atoms with Gasteiger partial charge in [-0.2, -0.15) is 0 Å². The summed E-state index contributed by atoms with van der Waals surface area (Å²) in [6.07, 6.45) is 8.24. The van der Waals surface area contributed by atoms with Gasteiger partial charge in [0.15, 0.2) is 0 Å². The molecule has 0 amide bonds. The molecule has 1 saturated heterocycles. The minimum atomic E-state index is 0.479. The monoisotopic (exact) mass is 259 g/mol. The molecule has 2 fully saturated rings. The number of nitrogens with one attached hydrogen (secondary N) is 1. The molecule has 3 rings (SSSR count). The molecule has 2 nitrogen and oxygen atoms in total. The Bertz CT molecular complexity index is 364. The van der Waals surface area contributed by atoms with Gasteiger partial charge in [-0.15, -0.1) is 0 Å². The van der Waals surface area contributed by atoms with E-state index in [1.807, 2.05) is 0 Å². The first-order chi connectivity index (χ1) is 9.42. The first-order valence-electron chi connectivity index (χ1n) is 7.82. The zero-order chi connectivity index (χ0) is 12.9. The Morgan fingerprint density at radius 1 is 1.00 bits per heavy atom. The largest absolute Gasteiger partial charge is 0.377 e. The maximum atomic E-state index is 5.67. The molecule has 2 aliphatic rings. The molecule has 1 aromatic carbocycles. The molecule has 2 heteroatoms. The van der Waals surface area contributed by atoms with Crippen LogP contribution in [0.3, 0.4) is 0 Å². The second kappa shape index (κ2) is 6.53. The molecule has 1 heterocycles. The molecule has 0 spiro atoms. The number of benzene rings is 1. The summed E-state index contributed by atoms with van der Waals surface area (Å²) in [5, 5.41) is 3.71. The SMILES string of the molecule is c1ccc(C2CCC(NC[C@@H]3CCCO3)CC2)cc1. The Kier molecular flexibility index (Phi) is 4.52. The van der Waals surface area contributed by atoms with E-state index >= 15 is 0 Å². The van der Waals surface area contributed by atoms with Crippen LogP contribution >= 0.6 is 0 Å². The maximum Gasteiger partial charge on any atom is 0.0700 e. The van der Waals surface area contributed by atoms with Gasteiger partial charge in [0.05, 0.1) is 6.10 Å². The van der Waals surface area contributed by atoms with Gasteiger partial charge < -0.3 is 10.1 Å². The van der Waals surface area contributed by atoms with E-state index in [1.54, 1.807) is 0 Å². The molecule has 0 unspecified atom stereocenters. The number of rotatable bonds is 4. The fourth-order valence-electron chi connectivity index (χ4n) is 3.46. The van der Waals surface area contributed by atoms with E-state index in [9.17, 15) is 0 Å². The Labute approximate surface area is 116 Å². The second-order valence-corrected chi connectivity index (χ2v) is 6.00. The summed E-state index contributed by atoms with van der Waals surface area (Å²) in [7, 11) is 0. The summed E-state index contributed by atoms with van der Waals surface area (Å²) in [5.74, 6) is 0.780. The lowest BCUT2D eigenvalue weighted by molar-refractivity contribution is 0.105. The average Bonchev–Trinajstić information content (AvgIpc) is 3.00. The van der Waals surface area contributed by atoms with Gasteiger partial charge >= 0.3 is 0 Å². The molecule has 1 aliphatic carbocycles. The normalized spacial score (nSPS) is 31.5. The lowest BCUT2D eigenvalue weighted by Crippen LogP contribution is -2.37. The predicted molar refractivity (Wildman–Crippen MR) is 78.4 cm³/mol. The Morgan fingerprint density at radius 3 is 2.47 bits per heavy atom. The molecular formula is C17H25NO. The number of hydrogen-bond acceptors (Lipinski definition) is 2. The maximum absolute atomic E-state index is 5.67. The first-order valence-corrected chi connectivity index (χ1v) is 7.82. The first kappa shape index (κ1) is 13.1. The van der Waals surface area contributed by atoms with Crippen molar-refractivity contribution in [3.63, 3.8) is 0 Å². The van der Waals surface area contributed by atoms with Gasteiger partial charge in [-0.05, 0) is 50.0 Å². The van der Waals surface area contributed by atoms with Crippen molar-refractivity contribution in [1.29, 1.82) is 0 Å². The lowest BCUT2D eigenvalue weighted by atomic mass is 9.82. The van der Waals surface area contributed by atoms with Crippen LogP contribution in [0.5, 0.6) is 0 Å². The molecule has 1 N–H and O–H groups in total. The fourth-order valence-corrected chi connectivity index (χ4v) is 3.46. The van der Waals surface area contributed by atoms with Crippen molar-refractivity contribution in [2.75, 3.05) is 13.2 Å². The summed E-state index contributed by atoms with van der Waals surface area (Å²) in [6, 6.07) is 11.7. The number of hydrogen-bond donors (Lipinski definition) is 1. The predicted octanol–water partition coefficient (Wildman–Crippen LogP) is 3.48. The molecule has 19 heavy (non-hydrogen) atoms. The van der Waals surface area contributed by atoms with E-state index in [1.165, 1.54) is 44.1 Å². The molecule has 104 valence electrons. The van der Waals surface area contributed by atoms with Crippen LogP contribution in [0.25, 0.3) is 0 Å². The van der Waals surface area contributed by atoms with Crippen LogP contribution in [-0.2, 0) is 4.74 Å². The highest BCUT2D eigenvalue weighted by Gasteiger charge is 2.23. The van der Waals surface area contributed by atoms with E-state index in [0.29, 0.717) is 12.1 Å². The van der Waals surface area contributed by atoms with Crippen LogP contribution < -0.4 is 5.32 Å². The minimum absolute atomic E-state index is 0.479. The third-order valence-corrected chi connectivity index (χ3v) is 4.66. The van der Waals surface area contributed by atoms with Gasteiger partial charge in [0, 0.05) is 19.2 Å². The summed E-state index contributed by atoms with van der Waals surface area (Å²) < 4.78 is 5.67. The van der Waals surface area contributed by atoms with Crippen molar-refractivity contribution >= 4 is 0 Å². The molecule has 0 bridgehead atoms.